The molecule has 0 aliphatic heterocycles. The van der Waals surface area contributed by atoms with E-state index in [0.29, 0.717) is 9.79 Å². The first kappa shape index (κ1) is 25.6. The molecule has 10 heteroatoms. The van der Waals surface area contributed by atoms with Crippen LogP contribution in [0.15, 0.2) is 136 Å². The Morgan fingerprint density at radius 1 is 0.500 bits per heavy atom. The molecule has 2 unspecified atom stereocenters. The first-order valence-corrected chi connectivity index (χ1v) is 15.8. The van der Waals surface area contributed by atoms with Crippen LogP contribution in [0, 0.1) is 0 Å². The van der Waals surface area contributed by atoms with Crippen molar-refractivity contribution in [2.75, 3.05) is 0 Å². The molecule has 0 bridgehead atoms. The molecule has 0 spiro atoms. The molecule has 4 aromatic rings. The quantitative estimate of drug-likeness (QED) is 0.157. The zero-order valence-electron chi connectivity index (χ0n) is 17.4. The summed E-state index contributed by atoms with van der Waals surface area (Å²) in [5.41, 5.74) is 0. The highest BCUT2D eigenvalue weighted by Crippen LogP contribution is 2.47. The zero-order valence-corrected chi connectivity index (χ0v) is 22.3. The van der Waals surface area contributed by atoms with Gasteiger partial charge in [-0.3, -0.25) is 0 Å². The number of benzene rings is 4. The van der Waals surface area contributed by atoms with Crippen molar-refractivity contribution >= 4 is 67.3 Å². The Morgan fingerprint density at radius 3 is 1.24 bits per heavy atom. The lowest BCUT2D eigenvalue weighted by Gasteiger charge is -2.12. The summed E-state index contributed by atoms with van der Waals surface area (Å²) in [6.07, 6.45) is 0. The lowest BCUT2D eigenvalue weighted by atomic mass is 10.4. The van der Waals surface area contributed by atoms with Gasteiger partial charge in [-0.2, -0.15) is 0 Å². The molecule has 34 heavy (non-hydrogen) atoms. The van der Waals surface area contributed by atoms with Gasteiger partial charge < -0.3 is 9.11 Å². The Hall–Kier alpha value is -1.50. The number of hydrogen-bond acceptors (Lipinski definition) is 6. The van der Waals surface area contributed by atoms with E-state index in [1.165, 1.54) is 23.5 Å². The minimum atomic E-state index is -2.06. The van der Waals surface area contributed by atoms with Gasteiger partial charge in [-0.25, -0.2) is 8.42 Å². The lowest BCUT2D eigenvalue weighted by Crippen LogP contribution is -1.90. The van der Waals surface area contributed by atoms with Crippen LogP contribution in [0.25, 0.3) is 0 Å². The third-order valence-corrected chi connectivity index (χ3v) is 10.6. The summed E-state index contributed by atoms with van der Waals surface area (Å²) >= 11 is -1.06. The Labute approximate surface area is 219 Å². The predicted octanol–water partition coefficient (Wildman–Crippen LogP) is 7.95. The van der Waals surface area contributed by atoms with Crippen LogP contribution in [-0.2, 0) is 22.2 Å². The van der Waals surface area contributed by atoms with Crippen LogP contribution in [0.4, 0.5) is 0 Å². The standard InChI is InChI=1S/C24H18O4S6/c25-33(26)19-11-13-21(23(15-19)29-17-7-3-1-4-8-17)31-32-22-14-12-20(34(27)28)16-24(22)30-18-9-5-2-6-10-18/h1-16H,(H,25,26)(H,27,28). The maximum absolute atomic E-state index is 11.6. The number of hydrogen-bond donors (Lipinski definition) is 2. The molecule has 0 saturated carbocycles. The highest BCUT2D eigenvalue weighted by Gasteiger charge is 2.14. The van der Waals surface area contributed by atoms with E-state index in [4.69, 9.17) is 0 Å². The topological polar surface area (TPSA) is 74.6 Å². The van der Waals surface area contributed by atoms with Crippen molar-refractivity contribution in [3.63, 3.8) is 0 Å². The molecule has 2 N–H and O–H groups in total. The average Bonchev–Trinajstić information content (AvgIpc) is 2.85. The van der Waals surface area contributed by atoms with Gasteiger partial charge in [-0.1, -0.05) is 81.5 Å². The average molecular weight is 563 g/mol. The van der Waals surface area contributed by atoms with Crippen molar-refractivity contribution in [1.82, 2.24) is 0 Å². The summed E-state index contributed by atoms with van der Waals surface area (Å²) in [5, 5.41) is 0. The molecule has 0 amide bonds. The Morgan fingerprint density at radius 2 is 0.882 bits per heavy atom. The van der Waals surface area contributed by atoms with Gasteiger partial charge in [-0.05, 0) is 60.7 Å². The largest absolute Gasteiger partial charge is 0.302 e. The van der Waals surface area contributed by atoms with E-state index >= 15 is 0 Å². The van der Waals surface area contributed by atoms with Crippen LogP contribution in [0.1, 0.15) is 0 Å². The van der Waals surface area contributed by atoms with Crippen molar-refractivity contribution < 1.29 is 17.5 Å². The fourth-order valence-electron chi connectivity index (χ4n) is 2.81. The molecule has 0 aliphatic carbocycles. The molecule has 0 aromatic heterocycles. The minimum absolute atomic E-state index is 0.350. The minimum Gasteiger partial charge on any atom is -0.302 e. The summed E-state index contributed by atoms with van der Waals surface area (Å²) in [5.74, 6) is 0. The summed E-state index contributed by atoms with van der Waals surface area (Å²) in [6.45, 7) is 0. The van der Waals surface area contributed by atoms with Crippen molar-refractivity contribution in [2.24, 2.45) is 0 Å². The summed E-state index contributed by atoms with van der Waals surface area (Å²) in [6, 6.07) is 30.2. The van der Waals surface area contributed by atoms with Crippen LogP contribution in [0.3, 0.4) is 0 Å². The van der Waals surface area contributed by atoms with Crippen LogP contribution in [-0.4, -0.2) is 17.5 Å². The van der Waals surface area contributed by atoms with E-state index in [-0.39, 0.29) is 0 Å². The fraction of sp³-hybridized carbons (Fsp3) is 0. The Kier molecular flexibility index (Phi) is 9.38. The molecule has 174 valence electrons. The van der Waals surface area contributed by atoms with Crippen molar-refractivity contribution in [3.8, 4) is 0 Å². The smallest absolute Gasteiger partial charge is 0.186 e. The summed E-state index contributed by atoms with van der Waals surface area (Å²) in [4.78, 5) is 6.45. The predicted molar refractivity (Wildman–Crippen MR) is 144 cm³/mol. The van der Waals surface area contributed by atoms with E-state index < -0.39 is 22.2 Å². The molecular weight excluding hydrogens is 545 g/mol. The van der Waals surface area contributed by atoms with Crippen LogP contribution in [0.5, 0.6) is 0 Å². The third-order valence-electron chi connectivity index (χ3n) is 4.40. The van der Waals surface area contributed by atoms with Crippen molar-refractivity contribution in [3.05, 3.63) is 97.1 Å². The zero-order chi connectivity index (χ0) is 23.9. The second-order valence-corrected chi connectivity index (χ2v) is 13.1. The summed E-state index contributed by atoms with van der Waals surface area (Å²) < 4.78 is 42.4. The first-order valence-electron chi connectivity index (χ1n) is 9.80. The van der Waals surface area contributed by atoms with Crippen LogP contribution in [0.2, 0.25) is 0 Å². The fourth-order valence-corrected chi connectivity index (χ4v) is 8.51. The van der Waals surface area contributed by atoms with Crippen LogP contribution < -0.4 is 0 Å². The molecular formula is C24H18O4S6. The Balaban J connectivity index is 1.62. The monoisotopic (exact) mass is 562 g/mol. The molecule has 0 aliphatic rings. The highest BCUT2D eigenvalue weighted by atomic mass is 33.1. The molecule has 2 atom stereocenters. The van der Waals surface area contributed by atoms with Gasteiger partial charge in [0.05, 0.1) is 9.79 Å². The van der Waals surface area contributed by atoms with Gasteiger partial charge in [-0.15, -0.1) is 0 Å². The third kappa shape index (κ3) is 7.02. The van der Waals surface area contributed by atoms with E-state index in [1.807, 2.05) is 72.8 Å². The SMILES string of the molecule is O=S(O)c1ccc(SSc2ccc(S(=O)O)cc2Sc2ccccc2)c(Sc2ccccc2)c1. The van der Waals surface area contributed by atoms with Gasteiger partial charge in [0, 0.05) is 29.4 Å². The molecule has 4 aromatic carbocycles. The molecule has 4 nitrogen and oxygen atoms in total. The van der Waals surface area contributed by atoms with Gasteiger partial charge in [0.2, 0.25) is 0 Å². The maximum atomic E-state index is 11.6. The number of rotatable bonds is 9. The van der Waals surface area contributed by atoms with Crippen molar-refractivity contribution in [2.45, 2.75) is 39.2 Å². The normalized spacial score (nSPS) is 12.9. The highest BCUT2D eigenvalue weighted by molar-refractivity contribution is 8.76. The van der Waals surface area contributed by atoms with E-state index in [1.54, 1.807) is 45.9 Å². The van der Waals surface area contributed by atoms with Gasteiger partial charge in [0.15, 0.2) is 22.2 Å². The van der Waals surface area contributed by atoms with E-state index in [0.717, 1.165) is 29.4 Å². The molecule has 0 saturated heterocycles. The second kappa shape index (κ2) is 12.5. The van der Waals surface area contributed by atoms with Gasteiger partial charge >= 0.3 is 0 Å². The molecule has 0 heterocycles. The van der Waals surface area contributed by atoms with E-state index in [9.17, 15) is 17.5 Å². The van der Waals surface area contributed by atoms with Crippen LogP contribution >= 0.6 is 45.1 Å². The van der Waals surface area contributed by atoms with Crippen molar-refractivity contribution in [1.29, 1.82) is 0 Å². The van der Waals surface area contributed by atoms with E-state index in [2.05, 4.69) is 0 Å². The maximum Gasteiger partial charge on any atom is 0.186 e. The summed E-state index contributed by atoms with van der Waals surface area (Å²) in [7, 11) is 3.08. The Bertz CT molecular complexity index is 1210. The second-order valence-electron chi connectivity index (χ2n) is 6.71. The molecule has 0 fully saturated rings. The first-order chi connectivity index (χ1) is 16.5. The lowest BCUT2D eigenvalue weighted by molar-refractivity contribution is 0.562. The van der Waals surface area contributed by atoms with Gasteiger partial charge in [0.25, 0.3) is 0 Å². The molecule has 0 radical (unpaired) electrons. The van der Waals surface area contributed by atoms with Gasteiger partial charge in [0.1, 0.15) is 0 Å². The molecule has 4 rings (SSSR count).